The van der Waals surface area contributed by atoms with Gasteiger partial charge in [-0.05, 0) is 17.0 Å². The van der Waals surface area contributed by atoms with Crippen molar-refractivity contribution in [3.8, 4) is 0 Å². The number of hydrogen-bond acceptors (Lipinski definition) is 2. The van der Waals surface area contributed by atoms with Crippen LogP contribution in [-0.2, 0) is 10.2 Å². The second-order valence-electron chi connectivity index (χ2n) is 6.78. The van der Waals surface area contributed by atoms with Crippen molar-refractivity contribution in [3.63, 3.8) is 0 Å². The molecule has 19 heavy (non-hydrogen) atoms. The molecule has 0 saturated carbocycles. The van der Waals surface area contributed by atoms with Gasteiger partial charge in [0, 0.05) is 17.5 Å². The topological polar surface area (TPSA) is 38.3 Å². The van der Waals surface area contributed by atoms with Crippen molar-refractivity contribution >= 4 is 5.91 Å². The second-order valence-corrected chi connectivity index (χ2v) is 6.78. The summed E-state index contributed by atoms with van der Waals surface area (Å²) in [6.45, 7) is 10.6. The number of carbonyl (C=O) groups is 1. The first kappa shape index (κ1) is 14.1. The maximum absolute atomic E-state index is 12.3. The summed E-state index contributed by atoms with van der Waals surface area (Å²) in [5, 5.41) is 3.03. The van der Waals surface area contributed by atoms with E-state index in [9.17, 15) is 4.79 Å². The molecule has 104 valence electrons. The summed E-state index contributed by atoms with van der Waals surface area (Å²) in [7, 11) is 0. The number of nitrogens with one attached hydrogen (secondary N) is 1. The standard InChI is InChI=1S/C16H23NO2/c1-15(2,3)13-8-6-5-7-12(13)14(18)17-9-16(4)10-19-11-16/h5-8H,9-11H2,1-4H3,(H,17,18). The molecule has 0 bridgehead atoms. The molecule has 1 N–H and O–H groups in total. The van der Waals surface area contributed by atoms with Gasteiger partial charge in [0.1, 0.15) is 0 Å². The highest BCUT2D eigenvalue weighted by molar-refractivity contribution is 5.96. The zero-order chi connectivity index (χ0) is 14.1. The fourth-order valence-electron chi connectivity index (χ4n) is 2.28. The van der Waals surface area contributed by atoms with Crippen LogP contribution in [0.15, 0.2) is 24.3 Å². The maximum Gasteiger partial charge on any atom is 0.251 e. The molecule has 0 radical (unpaired) electrons. The quantitative estimate of drug-likeness (QED) is 0.908. The molecular formula is C16H23NO2. The van der Waals surface area contributed by atoms with Crippen LogP contribution in [0.5, 0.6) is 0 Å². The highest BCUT2D eigenvalue weighted by Gasteiger charge is 2.34. The van der Waals surface area contributed by atoms with E-state index < -0.39 is 0 Å². The minimum Gasteiger partial charge on any atom is -0.380 e. The Morgan fingerprint density at radius 2 is 1.95 bits per heavy atom. The molecule has 0 spiro atoms. The van der Waals surface area contributed by atoms with E-state index in [1.54, 1.807) is 0 Å². The highest BCUT2D eigenvalue weighted by atomic mass is 16.5. The summed E-state index contributed by atoms with van der Waals surface area (Å²) < 4.78 is 5.20. The van der Waals surface area contributed by atoms with Crippen LogP contribution in [0.4, 0.5) is 0 Å². The Kier molecular flexibility index (Phi) is 3.68. The number of amides is 1. The van der Waals surface area contributed by atoms with Crippen LogP contribution in [0.3, 0.4) is 0 Å². The fraction of sp³-hybridized carbons (Fsp3) is 0.562. The summed E-state index contributed by atoms with van der Waals surface area (Å²) >= 11 is 0. The van der Waals surface area contributed by atoms with Crippen molar-refractivity contribution in [3.05, 3.63) is 35.4 Å². The third kappa shape index (κ3) is 3.16. The third-order valence-electron chi connectivity index (χ3n) is 3.56. The minimum absolute atomic E-state index is 0.0126. The zero-order valence-corrected chi connectivity index (χ0v) is 12.2. The van der Waals surface area contributed by atoms with Crippen LogP contribution in [0, 0.1) is 5.41 Å². The van der Waals surface area contributed by atoms with E-state index in [0.29, 0.717) is 6.54 Å². The molecule has 1 aliphatic rings. The molecule has 1 saturated heterocycles. The van der Waals surface area contributed by atoms with Gasteiger partial charge in [-0.15, -0.1) is 0 Å². The average molecular weight is 261 g/mol. The van der Waals surface area contributed by atoms with Gasteiger partial charge in [0.15, 0.2) is 0 Å². The lowest BCUT2D eigenvalue weighted by molar-refractivity contribution is -0.0978. The van der Waals surface area contributed by atoms with E-state index in [1.165, 1.54) is 0 Å². The van der Waals surface area contributed by atoms with Gasteiger partial charge < -0.3 is 10.1 Å². The Balaban J connectivity index is 2.11. The first-order valence-electron chi connectivity index (χ1n) is 6.77. The predicted molar refractivity (Wildman–Crippen MR) is 76.4 cm³/mol. The lowest BCUT2D eigenvalue weighted by Crippen LogP contribution is -2.48. The number of hydrogen-bond donors (Lipinski definition) is 1. The number of rotatable bonds is 3. The molecule has 1 amide bonds. The van der Waals surface area contributed by atoms with Crippen molar-refractivity contribution in [1.82, 2.24) is 5.32 Å². The first-order chi connectivity index (χ1) is 8.82. The van der Waals surface area contributed by atoms with Crippen LogP contribution in [0.2, 0.25) is 0 Å². The number of benzene rings is 1. The molecule has 1 fully saturated rings. The summed E-state index contributed by atoms with van der Waals surface area (Å²) in [6.07, 6.45) is 0. The molecular weight excluding hydrogens is 238 g/mol. The van der Waals surface area contributed by atoms with Gasteiger partial charge in [0.25, 0.3) is 5.91 Å². The van der Waals surface area contributed by atoms with Crippen LogP contribution in [0.1, 0.15) is 43.6 Å². The molecule has 3 heteroatoms. The summed E-state index contributed by atoms with van der Waals surface area (Å²) in [5.74, 6) is 0.0126. The lowest BCUT2D eigenvalue weighted by Gasteiger charge is -2.38. The average Bonchev–Trinajstić information content (AvgIpc) is 2.32. The lowest BCUT2D eigenvalue weighted by atomic mass is 9.83. The van der Waals surface area contributed by atoms with Gasteiger partial charge in [-0.3, -0.25) is 4.79 Å². The van der Waals surface area contributed by atoms with E-state index in [1.807, 2.05) is 24.3 Å². The molecule has 0 unspecified atom stereocenters. The van der Waals surface area contributed by atoms with Crippen molar-refractivity contribution in [2.45, 2.75) is 33.1 Å². The van der Waals surface area contributed by atoms with Crippen molar-refractivity contribution < 1.29 is 9.53 Å². The minimum atomic E-state index is -0.0303. The van der Waals surface area contributed by atoms with Gasteiger partial charge in [-0.1, -0.05) is 45.9 Å². The van der Waals surface area contributed by atoms with Gasteiger partial charge in [-0.25, -0.2) is 0 Å². The predicted octanol–water partition coefficient (Wildman–Crippen LogP) is 2.75. The Morgan fingerprint density at radius 3 is 2.47 bits per heavy atom. The highest BCUT2D eigenvalue weighted by Crippen LogP contribution is 2.27. The fourth-order valence-corrected chi connectivity index (χ4v) is 2.28. The van der Waals surface area contributed by atoms with Crippen molar-refractivity contribution in [1.29, 1.82) is 0 Å². The SMILES string of the molecule is CC1(CNC(=O)c2ccccc2C(C)(C)C)COC1. The van der Waals surface area contributed by atoms with E-state index in [2.05, 4.69) is 33.0 Å². The molecule has 1 aromatic carbocycles. The van der Waals surface area contributed by atoms with Crippen LogP contribution in [0.25, 0.3) is 0 Å². The van der Waals surface area contributed by atoms with E-state index in [4.69, 9.17) is 4.74 Å². The second kappa shape index (κ2) is 4.97. The van der Waals surface area contributed by atoms with Crippen molar-refractivity contribution in [2.75, 3.05) is 19.8 Å². The Labute approximate surface area is 115 Å². The van der Waals surface area contributed by atoms with Crippen molar-refractivity contribution in [2.24, 2.45) is 5.41 Å². The number of ether oxygens (including phenoxy) is 1. The van der Waals surface area contributed by atoms with Gasteiger partial charge >= 0.3 is 0 Å². The molecule has 3 nitrogen and oxygen atoms in total. The van der Waals surface area contributed by atoms with E-state index >= 15 is 0 Å². The van der Waals surface area contributed by atoms with E-state index in [-0.39, 0.29) is 16.7 Å². The van der Waals surface area contributed by atoms with Gasteiger partial charge in [0.05, 0.1) is 13.2 Å². The molecule has 1 aromatic rings. The van der Waals surface area contributed by atoms with E-state index in [0.717, 1.165) is 24.3 Å². The number of carbonyl (C=O) groups excluding carboxylic acids is 1. The molecule has 1 aliphatic heterocycles. The summed E-state index contributed by atoms with van der Waals surface area (Å²) in [4.78, 5) is 12.3. The Morgan fingerprint density at radius 1 is 1.32 bits per heavy atom. The van der Waals surface area contributed by atoms with Crippen LogP contribution in [-0.4, -0.2) is 25.7 Å². The maximum atomic E-state index is 12.3. The smallest absolute Gasteiger partial charge is 0.251 e. The molecule has 0 aliphatic carbocycles. The Hall–Kier alpha value is -1.35. The molecule has 0 aromatic heterocycles. The van der Waals surface area contributed by atoms with Gasteiger partial charge in [0.2, 0.25) is 0 Å². The summed E-state index contributed by atoms with van der Waals surface area (Å²) in [6, 6.07) is 7.83. The van der Waals surface area contributed by atoms with Gasteiger partial charge in [-0.2, -0.15) is 0 Å². The largest absolute Gasteiger partial charge is 0.380 e. The monoisotopic (exact) mass is 261 g/mol. The summed E-state index contributed by atoms with van der Waals surface area (Å²) in [5.41, 5.74) is 1.94. The third-order valence-corrected chi connectivity index (χ3v) is 3.56. The van der Waals surface area contributed by atoms with Crippen LogP contribution < -0.4 is 5.32 Å². The first-order valence-corrected chi connectivity index (χ1v) is 6.77. The molecule has 2 rings (SSSR count). The van der Waals surface area contributed by atoms with Crippen LogP contribution >= 0.6 is 0 Å². The normalized spacial score (nSPS) is 17.7. The molecule has 1 heterocycles. The zero-order valence-electron chi connectivity index (χ0n) is 12.2. The Bertz CT molecular complexity index is 470. The molecule has 0 atom stereocenters.